The Hall–Kier alpha value is -2.41. The van der Waals surface area contributed by atoms with Gasteiger partial charge in [0.1, 0.15) is 0 Å². The molecule has 1 unspecified atom stereocenters. The van der Waals surface area contributed by atoms with Crippen molar-refractivity contribution >= 4 is 11.4 Å². The molecule has 24 heavy (non-hydrogen) atoms. The first-order valence-electron chi connectivity index (χ1n) is 8.55. The molecule has 0 saturated carbocycles. The molecule has 0 radical (unpaired) electrons. The van der Waals surface area contributed by atoms with Gasteiger partial charge in [0.15, 0.2) is 0 Å². The highest BCUT2D eigenvalue weighted by Gasteiger charge is 2.18. The maximum atomic E-state index is 5.00. The van der Waals surface area contributed by atoms with E-state index in [0.717, 1.165) is 11.4 Å². The van der Waals surface area contributed by atoms with Gasteiger partial charge in [-0.05, 0) is 56.9 Å². The molecule has 3 rings (SSSR count). The van der Waals surface area contributed by atoms with E-state index in [9.17, 15) is 0 Å². The maximum absolute atomic E-state index is 5.00. The molecule has 0 N–H and O–H groups in total. The largest absolute Gasteiger partial charge is 0.253 e. The van der Waals surface area contributed by atoms with E-state index >= 15 is 0 Å². The van der Waals surface area contributed by atoms with Gasteiger partial charge in [0.25, 0.3) is 0 Å². The molecule has 0 aromatic heterocycles. The van der Waals surface area contributed by atoms with E-state index in [1.165, 1.54) is 33.4 Å². The van der Waals surface area contributed by atoms with Gasteiger partial charge in [-0.15, -0.1) is 0 Å². The number of allylic oxidation sites excluding steroid dienone is 4. The summed E-state index contributed by atoms with van der Waals surface area (Å²) >= 11 is 0. The SMILES string of the molecule is CC1=CC=CC1c1ccccc1C(C)=Nc1c(C)cc(C)cc1C. The van der Waals surface area contributed by atoms with E-state index in [1.54, 1.807) is 0 Å². The molecule has 0 fully saturated rings. The van der Waals surface area contributed by atoms with E-state index in [0.29, 0.717) is 5.92 Å². The van der Waals surface area contributed by atoms with E-state index < -0.39 is 0 Å². The van der Waals surface area contributed by atoms with Crippen LogP contribution in [0.4, 0.5) is 5.69 Å². The van der Waals surface area contributed by atoms with Gasteiger partial charge in [0.05, 0.1) is 5.69 Å². The third kappa shape index (κ3) is 3.12. The Bertz CT molecular complexity index is 842. The maximum Gasteiger partial charge on any atom is 0.0691 e. The van der Waals surface area contributed by atoms with Gasteiger partial charge in [-0.1, -0.05) is 65.8 Å². The Morgan fingerprint density at radius 2 is 1.62 bits per heavy atom. The van der Waals surface area contributed by atoms with Crippen LogP contribution in [-0.2, 0) is 0 Å². The standard InChI is InChI=1S/C23H25N/c1-15-13-17(3)23(18(4)14-15)24-19(5)21-10-6-7-11-22(21)20-12-8-9-16(20)2/h6-14,20H,1-5H3. The average molecular weight is 315 g/mol. The van der Waals surface area contributed by atoms with Gasteiger partial charge in [0.2, 0.25) is 0 Å². The lowest BCUT2D eigenvalue weighted by molar-refractivity contribution is 1.01. The zero-order valence-corrected chi connectivity index (χ0v) is 15.2. The van der Waals surface area contributed by atoms with Crippen molar-refractivity contribution in [3.63, 3.8) is 0 Å². The van der Waals surface area contributed by atoms with Gasteiger partial charge in [-0.2, -0.15) is 0 Å². The van der Waals surface area contributed by atoms with Gasteiger partial charge < -0.3 is 0 Å². The highest BCUT2D eigenvalue weighted by molar-refractivity contribution is 6.02. The molecule has 0 heterocycles. The van der Waals surface area contributed by atoms with Crippen LogP contribution in [0.3, 0.4) is 0 Å². The Morgan fingerprint density at radius 1 is 0.958 bits per heavy atom. The van der Waals surface area contributed by atoms with E-state index in [-0.39, 0.29) is 0 Å². The quantitative estimate of drug-likeness (QED) is 0.585. The number of nitrogens with zero attached hydrogens (tertiary/aromatic N) is 1. The molecule has 1 aliphatic carbocycles. The van der Waals surface area contributed by atoms with Crippen molar-refractivity contribution in [1.29, 1.82) is 0 Å². The van der Waals surface area contributed by atoms with Crippen molar-refractivity contribution in [2.75, 3.05) is 0 Å². The van der Waals surface area contributed by atoms with Crippen LogP contribution in [-0.4, -0.2) is 5.71 Å². The molecular formula is C23H25N. The molecule has 1 nitrogen and oxygen atoms in total. The van der Waals surface area contributed by atoms with Crippen LogP contribution >= 0.6 is 0 Å². The second kappa shape index (κ2) is 6.60. The van der Waals surface area contributed by atoms with Crippen molar-refractivity contribution < 1.29 is 0 Å². The van der Waals surface area contributed by atoms with Gasteiger partial charge in [-0.25, -0.2) is 0 Å². The third-order valence-electron chi connectivity index (χ3n) is 4.75. The summed E-state index contributed by atoms with van der Waals surface area (Å²) in [5, 5.41) is 0. The van der Waals surface area contributed by atoms with Crippen molar-refractivity contribution in [2.45, 2.75) is 40.5 Å². The number of hydrogen-bond acceptors (Lipinski definition) is 1. The van der Waals surface area contributed by atoms with E-state index in [1.807, 2.05) is 0 Å². The summed E-state index contributed by atoms with van der Waals surface area (Å²) in [5.74, 6) is 0.367. The second-order valence-corrected chi connectivity index (χ2v) is 6.81. The lowest BCUT2D eigenvalue weighted by atomic mass is 9.89. The molecule has 1 heteroatoms. The number of aliphatic imine (C=N–C) groups is 1. The molecule has 1 atom stereocenters. The van der Waals surface area contributed by atoms with Crippen LogP contribution in [0.1, 0.15) is 47.6 Å². The van der Waals surface area contributed by atoms with Crippen LogP contribution in [0.2, 0.25) is 0 Å². The minimum Gasteiger partial charge on any atom is -0.253 e. The molecule has 2 aromatic rings. The number of aryl methyl sites for hydroxylation is 3. The highest BCUT2D eigenvalue weighted by Crippen LogP contribution is 2.33. The number of hydrogen-bond donors (Lipinski definition) is 0. The van der Waals surface area contributed by atoms with Gasteiger partial charge >= 0.3 is 0 Å². The normalized spacial score (nSPS) is 17.3. The molecule has 0 aliphatic heterocycles. The first kappa shape index (κ1) is 16.4. The minimum atomic E-state index is 0.367. The summed E-state index contributed by atoms with van der Waals surface area (Å²) < 4.78 is 0. The molecule has 0 bridgehead atoms. The summed E-state index contributed by atoms with van der Waals surface area (Å²) in [6.07, 6.45) is 6.61. The summed E-state index contributed by atoms with van der Waals surface area (Å²) in [6.45, 7) is 10.7. The van der Waals surface area contributed by atoms with Crippen LogP contribution in [0.5, 0.6) is 0 Å². The van der Waals surface area contributed by atoms with Crippen molar-refractivity contribution in [1.82, 2.24) is 0 Å². The van der Waals surface area contributed by atoms with Crippen molar-refractivity contribution in [2.24, 2.45) is 4.99 Å². The summed E-state index contributed by atoms with van der Waals surface area (Å²) in [4.78, 5) is 5.00. The third-order valence-corrected chi connectivity index (χ3v) is 4.75. The number of benzene rings is 2. The Balaban J connectivity index is 2.07. The molecule has 0 spiro atoms. The highest BCUT2D eigenvalue weighted by atomic mass is 14.8. The predicted molar refractivity (Wildman–Crippen MR) is 105 cm³/mol. The van der Waals surface area contributed by atoms with E-state index in [4.69, 9.17) is 4.99 Å². The smallest absolute Gasteiger partial charge is 0.0691 e. The lowest BCUT2D eigenvalue weighted by Gasteiger charge is -2.16. The summed E-state index contributed by atoms with van der Waals surface area (Å²) in [6, 6.07) is 13.0. The summed E-state index contributed by atoms with van der Waals surface area (Å²) in [7, 11) is 0. The van der Waals surface area contributed by atoms with Crippen molar-refractivity contribution in [3.05, 3.63) is 88.0 Å². The first-order chi connectivity index (χ1) is 11.5. The van der Waals surface area contributed by atoms with Crippen LogP contribution in [0, 0.1) is 20.8 Å². The number of rotatable bonds is 3. The van der Waals surface area contributed by atoms with Crippen LogP contribution < -0.4 is 0 Å². The Kier molecular flexibility index (Phi) is 4.53. The second-order valence-electron chi connectivity index (χ2n) is 6.81. The fourth-order valence-corrected chi connectivity index (χ4v) is 3.60. The zero-order valence-electron chi connectivity index (χ0n) is 15.2. The molecule has 0 saturated heterocycles. The summed E-state index contributed by atoms with van der Waals surface area (Å²) in [5.41, 5.74) is 9.90. The van der Waals surface area contributed by atoms with Crippen molar-refractivity contribution in [3.8, 4) is 0 Å². The molecule has 1 aliphatic rings. The molecular weight excluding hydrogens is 290 g/mol. The minimum absolute atomic E-state index is 0.367. The Morgan fingerprint density at radius 3 is 2.25 bits per heavy atom. The van der Waals surface area contributed by atoms with Gasteiger partial charge in [-0.3, -0.25) is 4.99 Å². The monoisotopic (exact) mass is 315 g/mol. The topological polar surface area (TPSA) is 12.4 Å². The van der Waals surface area contributed by atoms with E-state index in [2.05, 4.69) is 89.2 Å². The molecule has 0 amide bonds. The van der Waals surface area contributed by atoms with Gasteiger partial charge in [0, 0.05) is 11.6 Å². The molecule has 122 valence electrons. The zero-order chi connectivity index (χ0) is 17.3. The fraction of sp³-hybridized carbons (Fsp3) is 0.261. The van der Waals surface area contributed by atoms with Crippen LogP contribution in [0.25, 0.3) is 0 Å². The lowest BCUT2D eigenvalue weighted by Crippen LogP contribution is -2.05. The average Bonchev–Trinajstić information content (AvgIpc) is 2.96. The molecule has 2 aromatic carbocycles. The first-order valence-corrected chi connectivity index (χ1v) is 8.55. The predicted octanol–water partition coefficient (Wildman–Crippen LogP) is 6.35. The Labute approximate surface area is 145 Å². The fourth-order valence-electron chi connectivity index (χ4n) is 3.60. The van der Waals surface area contributed by atoms with Crippen LogP contribution in [0.15, 0.2) is 65.2 Å².